The number of nitro benzene ring substituents is 1. The van der Waals surface area contributed by atoms with Gasteiger partial charge in [-0.3, -0.25) is 14.9 Å². The highest BCUT2D eigenvalue weighted by molar-refractivity contribution is 6.32. The lowest BCUT2D eigenvalue weighted by molar-refractivity contribution is -0.384. The number of methoxy groups -OCH3 is 1. The van der Waals surface area contributed by atoms with E-state index in [-0.39, 0.29) is 35.0 Å². The predicted octanol–water partition coefficient (Wildman–Crippen LogP) is 1.78. The van der Waals surface area contributed by atoms with Crippen LogP contribution in [0.2, 0.25) is 5.02 Å². The number of hydrogen-bond acceptors (Lipinski definition) is 5. The van der Waals surface area contributed by atoms with Crippen LogP contribution in [0, 0.1) is 10.1 Å². The van der Waals surface area contributed by atoms with Gasteiger partial charge in [0.05, 0.1) is 16.6 Å². The Hall–Kier alpha value is -1.86. The van der Waals surface area contributed by atoms with Gasteiger partial charge in [-0.15, -0.1) is 0 Å². The van der Waals surface area contributed by atoms with Gasteiger partial charge in [-0.2, -0.15) is 0 Å². The van der Waals surface area contributed by atoms with Gasteiger partial charge in [0.2, 0.25) is 0 Å². The molecule has 0 aromatic heterocycles. The molecular formula is C12H15ClN2O5. The Morgan fingerprint density at radius 1 is 1.55 bits per heavy atom. The zero-order valence-electron chi connectivity index (χ0n) is 11.1. The molecule has 0 heterocycles. The first-order chi connectivity index (χ1) is 9.43. The van der Waals surface area contributed by atoms with E-state index in [1.807, 2.05) is 0 Å². The van der Waals surface area contributed by atoms with E-state index in [2.05, 4.69) is 5.32 Å². The summed E-state index contributed by atoms with van der Waals surface area (Å²) in [6, 6.07) is 3.64. The number of nitrogens with one attached hydrogen (secondary N) is 1. The minimum atomic E-state index is -0.561. The number of nitrogens with zero attached hydrogens (tertiary/aromatic N) is 1. The van der Waals surface area contributed by atoms with Crippen LogP contribution in [0.4, 0.5) is 5.69 Å². The largest absolute Gasteiger partial charge is 0.482 e. The summed E-state index contributed by atoms with van der Waals surface area (Å²) in [7, 11) is 1.54. The van der Waals surface area contributed by atoms with Gasteiger partial charge in [-0.25, -0.2) is 0 Å². The van der Waals surface area contributed by atoms with Crippen molar-refractivity contribution in [3.63, 3.8) is 0 Å². The first-order valence-electron chi connectivity index (χ1n) is 5.79. The Kier molecular flexibility index (Phi) is 6.20. The second kappa shape index (κ2) is 7.66. The maximum atomic E-state index is 11.5. The third-order valence-corrected chi connectivity index (χ3v) is 2.60. The summed E-state index contributed by atoms with van der Waals surface area (Å²) < 4.78 is 10.1. The molecule has 0 saturated heterocycles. The molecule has 0 spiro atoms. The molecule has 1 aromatic rings. The Bertz CT molecular complexity index is 495. The van der Waals surface area contributed by atoms with Gasteiger partial charge in [0.25, 0.3) is 11.6 Å². The molecule has 8 heteroatoms. The Morgan fingerprint density at radius 2 is 2.25 bits per heavy atom. The van der Waals surface area contributed by atoms with E-state index in [4.69, 9.17) is 21.1 Å². The number of hydrogen-bond donors (Lipinski definition) is 1. The smallest absolute Gasteiger partial charge is 0.271 e. The first kappa shape index (κ1) is 16.2. The van der Waals surface area contributed by atoms with Crippen LogP contribution < -0.4 is 10.1 Å². The molecule has 1 rings (SSSR count). The SMILES string of the molecule is COCC(C)NC(=O)COc1ccc([N+](=O)[O-])cc1Cl. The number of carbonyl (C=O) groups excluding carboxylic acids is 1. The summed E-state index contributed by atoms with van der Waals surface area (Å²) in [5.41, 5.74) is -0.138. The van der Waals surface area contributed by atoms with Crippen molar-refractivity contribution in [3.05, 3.63) is 33.3 Å². The number of ether oxygens (including phenoxy) is 2. The van der Waals surface area contributed by atoms with Crippen molar-refractivity contribution in [1.82, 2.24) is 5.32 Å². The maximum absolute atomic E-state index is 11.5. The molecular weight excluding hydrogens is 288 g/mol. The van der Waals surface area contributed by atoms with E-state index in [1.54, 1.807) is 6.92 Å². The van der Waals surface area contributed by atoms with Crippen LogP contribution >= 0.6 is 11.6 Å². The zero-order valence-corrected chi connectivity index (χ0v) is 11.8. The molecule has 0 saturated carbocycles. The van der Waals surface area contributed by atoms with E-state index < -0.39 is 4.92 Å². The summed E-state index contributed by atoms with van der Waals surface area (Å²) >= 11 is 5.83. The van der Waals surface area contributed by atoms with Crippen LogP contribution in [0.25, 0.3) is 0 Å². The van der Waals surface area contributed by atoms with Crippen LogP contribution in [0.5, 0.6) is 5.75 Å². The fraction of sp³-hybridized carbons (Fsp3) is 0.417. The third-order valence-electron chi connectivity index (χ3n) is 2.31. The minimum Gasteiger partial charge on any atom is -0.482 e. The van der Waals surface area contributed by atoms with Crippen molar-refractivity contribution in [3.8, 4) is 5.75 Å². The first-order valence-corrected chi connectivity index (χ1v) is 6.17. The molecule has 0 fully saturated rings. The molecule has 1 aromatic carbocycles. The summed E-state index contributed by atoms with van der Waals surface area (Å²) in [6.07, 6.45) is 0. The van der Waals surface area contributed by atoms with Gasteiger partial charge < -0.3 is 14.8 Å². The van der Waals surface area contributed by atoms with Crippen molar-refractivity contribution in [2.24, 2.45) is 0 Å². The number of rotatable bonds is 7. The number of halogens is 1. The van der Waals surface area contributed by atoms with Crippen LogP contribution in [0.3, 0.4) is 0 Å². The minimum absolute atomic E-state index is 0.0805. The van der Waals surface area contributed by atoms with E-state index >= 15 is 0 Å². The number of carbonyl (C=O) groups is 1. The highest BCUT2D eigenvalue weighted by Crippen LogP contribution is 2.28. The highest BCUT2D eigenvalue weighted by atomic mass is 35.5. The van der Waals surface area contributed by atoms with Crippen molar-refractivity contribution < 1.29 is 19.2 Å². The average Bonchev–Trinajstić information content (AvgIpc) is 2.37. The predicted molar refractivity (Wildman–Crippen MR) is 73.1 cm³/mol. The lowest BCUT2D eigenvalue weighted by Crippen LogP contribution is -2.38. The normalized spacial score (nSPS) is 11.8. The number of nitro groups is 1. The van der Waals surface area contributed by atoms with Crippen LogP contribution in [-0.2, 0) is 9.53 Å². The van der Waals surface area contributed by atoms with E-state index in [0.717, 1.165) is 0 Å². The fourth-order valence-electron chi connectivity index (χ4n) is 1.47. The van der Waals surface area contributed by atoms with Crippen molar-refractivity contribution >= 4 is 23.2 Å². The molecule has 0 aliphatic carbocycles. The average molecular weight is 303 g/mol. The molecule has 110 valence electrons. The standard InChI is InChI=1S/C12H15ClN2O5/c1-8(6-19-2)14-12(16)7-20-11-4-3-9(15(17)18)5-10(11)13/h3-5,8H,6-7H2,1-2H3,(H,14,16). The second-order valence-corrected chi connectivity index (χ2v) is 4.49. The second-order valence-electron chi connectivity index (χ2n) is 4.08. The zero-order chi connectivity index (χ0) is 15.1. The third kappa shape index (κ3) is 5.02. The van der Waals surface area contributed by atoms with Crippen molar-refractivity contribution in [1.29, 1.82) is 0 Å². The summed E-state index contributed by atoms with van der Waals surface area (Å²) in [5.74, 6) is -0.115. The van der Waals surface area contributed by atoms with Crippen molar-refractivity contribution in [2.75, 3.05) is 20.3 Å². The lowest BCUT2D eigenvalue weighted by Gasteiger charge is -2.13. The van der Waals surface area contributed by atoms with Gasteiger partial charge in [0, 0.05) is 25.3 Å². The number of non-ortho nitro benzene ring substituents is 1. The van der Waals surface area contributed by atoms with E-state index in [1.165, 1.54) is 25.3 Å². The molecule has 1 N–H and O–H groups in total. The molecule has 0 bridgehead atoms. The quantitative estimate of drug-likeness (QED) is 0.612. The molecule has 20 heavy (non-hydrogen) atoms. The summed E-state index contributed by atoms with van der Waals surface area (Å²) in [4.78, 5) is 21.5. The Balaban J connectivity index is 2.53. The Morgan fingerprint density at radius 3 is 2.80 bits per heavy atom. The molecule has 0 aliphatic heterocycles. The van der Waals surface area contributed by atoms with Crippen LogP contribution in [0.15, 0.2) is 18.2 Å². The highest BCUT2D eigenvalue weighted by Gasteiger charge is 2.12. The molecule has 0 radical (unpaired) electrons. The Labute approximate surface area is 121 Å². The fourth-order valence-corrected chi connectivity index (χ4v) is 1.70. The van der Waals surface area contributed by atoms with Gasteiger partial charge in [-0.05, 0) is 13.0 Å². The summed E-state index contributed by atoms with van der Waals surface area (Å²) in [5, 5.41) is 13.3. The monoisotopic (exact) mass is 302 g/mol. The van der Waals surface area contributed by atoms with Gasteiger partial charge >= 0.3 is 0 Å². The molecule has 7 nitrogen and oxygen atoms in total. The number of amides is 1. The van der Waals surface area contributed by atoms with E-state index in [9.17, 15) is 14.9 Å². The van der Waals surface area contributed by atoms with E-state index in [0.29, 0.717) is 6.61 Å². The molecule has 1 atom stereocenters. The lowest BCUT2D eigenvalue weighted by atomic mass is 10.3. The molecule has 1 amide bonds. The topological polar surface area (TPSA) is 90.7 Å². The number of benzene rings is 1. The maximum Gasteiger partial charge on any atom is 0.271 e. The van der Waals surface area contributed by atoms with Crippen LogP contribution in [0.1, 0.15) is 6.92 Å². The summed E-state index contributed by atoms with van der Waals surface area (Å²) in [6.45, 7) is 1.95. The molecule has 0 aliphatic rings. The van der Waals surface area contributed by atoms with Gasteiger partial charge in [-0.1, -0.05) is 11.6 Å². The van der Waals surface area contributed by atoms with Crippen LogP contribution in [-0.4, -0.2) is 37.2 Å². The van der Waals surface area contributed by atoms with Gasteiger partial charge in [0.15, 0.2) is 6.61 Å². The van der Waals surface area contributed by atoms with Gasteiger partial charge in [0.1, 0.15) is 5.75 Å². The molecule has 1 unspecified atom stereocenters. The van der Waals surface area contributed by atoms with Crippen molar-refractivity contribution in [2.45, 2.75) is 13.0 Å².